The summed E-state index contributed by atoms with van der Waals surface area (Å²) in [5.41, 5.74) is -0.699. The van der Waals surface area contributed by atoms with E-state index >= 15 is 0 Å². The number of fused-ring (bicyclic) bond motifs is 1. The van der Waals surface area contributed by atoms with Gasteiger partial charge in [0, 0.05) is 19.7 Å². The van der Waals surface area contributed by atoms with Gasteiger partial charge in [-0.2, -0.15) is 0 Å². The normalized spacial score (nSPS) is 28.9. The number of halogens is 1. The lowest BCUT2D eigenvalue weighted by Gasteiger charge is -2.37. The number of nitrogens with zero attached hydrogens (tertiary/aromatic N) is 2. The molecule has 3 aliphatic rings. The number of aliphatic hydroxyl groups is 1. The molecule has 5 atom stereocenters. The molecule has 0 radical (unpaired) electrons. The maximum atomic E-state index is 14.6. The number of carbonyl (C=O) groups excluding carboxylic acids is 3. The molecule has 8 nitrogen and oxygen atoms in total. The SMILES string of the molecule is C=CCCCOC(=O)[C@H]1[C@H]2C(=O)N(CCCO)C(C(=O)N(CC=C)c3c(C)cccc3Cl)C23CC[C@]1(CC)O3. The molecule has 2 unspecified atom stereocenters. The summed E-state index contributed by atoms with van der Waals surface area (Å²) in [5.74, 6) is -2.76. The minimum atomic E-state index is -1.18. The van der Waals surface area contributed by atoms with Gasteiger partial charge in [-0.15, -0.1) is 13.2 Å². The Morgan fingerprint density at radius 2 is 2.05 bits per heavy atom. The predicted molar refractivity (Wildman–Crippen MR) is 149 cm³/mol. The Labute approximate surface area is 235 Å². The Hall–Kier alpha value is -2.68. The number of para-hydroxylation sites is 1. The molecule has 4 rings (SSSR count). The van der Waals surface area contributed by atoms with E-state index in [1.54, 1.807) is 23.1 Å². The number of benzene rings is 1. The van der Waals surface area contributed by atoms with Crippen LogP contribution in [-0.4, -0.2) is 71.3 Å². The zero-order valence-corrected chi connectivity index (χ0v) is 23.6. The van der Waals surface area contributed by atoms with E-state index in [4.69, 9.17) is 21.1 Å². The maximum absolute atomic E-state index is 14.6. The van der Waals surface area contributed by atoms with E-state index in [1.165, 1.54) is 4.90 Å². The lowest BCUT2D eigenvalue weighted by Crippen LogP contribution is -2.56. The number of esters is 1. The number of hydrogen-bond donors (Lipinski definition) is 1. The molecule has 3 fully saturated rings. The number of rotatable bonds is 13. The summed E-state index contributed by atoms with van der Waals surface area (Å²) in [5, 5.41) is 10.0. The molecule has 3 saturated heterocycles. The number of hydrogen-bond acceptors (Lipinski definition) is 6. The average molecular weight is 559 g/mol. The molecule has 2 amide bonds. The minimum absolute atomic E-state index is 0.142. The fraction of sp³-hybridized carbons (Fsp3) is 0.567. The van der Waals surface area contributed by atoms with Gasteiger partial charge in [-0.1, -0.05) is 42.8 Å². The fourth-order valence-electron chi connectivity index (χ4n) is 6.86. The van der Waals surface area contributed by atoms with Crippen LogP contribution in [0.2, 0.25) is 5.02 Å². The van der Waals surface area contributed by atoms with Crippen LogP contribution < -0.4 is 4.90 Å². The number of ether oxygens (including phenoxy) is 2. The standard InChI is InChI=1S/C30H39ClN2O6/c1-5-8-9-19-38-28(37)23-22-26(35)33(17-11-18-34)25(30(22)15-14-29(23,7-3)39-30)27(36)32(16-6-2)24-20(4)12-10-13-21(24)31/h5-6,10,12-13,22-23,25,34H,1-2,7-9,11,14-19H2,3-4H3/t22-,23+,25?,29-,30?/m0/s1. The number of aryl methyl sites for hydroxylation is 1. The van der Waals surface area contributed by atoms with Crippen LogP contribution in [0.5, 0.6) is 0 Å². The van der Waals surface area contributed by atoms with Crippen molar-refractivity contribution in [2.45, 2.75) is 69.6 Å². The van der Waals surface area contributed by atoms with Gasteiger partial charge < -0.3 is 24.4 Å². The summed E-state index contributed by atoms with van der Waals surface area (Å²) >= 11 is 6.59. The first kappa shape index (κ1) is 29.3. The molecule has 0 saturated carbocycles. The van der Waals surface area contributed by atoms with Crippen molar-refractivity contribution < 1.29 is 29.0 Å². The van der Waals surface area contributed by atoms with E-state index in [2.05, 4.69) is 13.2 Å². The van der Waals surface area contributed by atoms with Crippen LogP contribution in [0, 0.1) is 18.8 Å². The van der Waals surface area contributed by atoms with Gasteiger partial charge in [0.05, 0.1) is 28.8 Å². The minimum Gasteiger partial charge on any atom is -0.465 e. The second kappa shape index (κ2) is 11.8. The molecule has 1 spiro atoms. The van der Waals surface area contributed by atoms with Gasteiger partial charge in [0.1, 0.15) is 17.6 Å². The van der Waals surface area contributed by atoms with Crippen molar-refractivity contribution in [3.8, 4) is 0 Å². The third-order valence-electron chi connectivity index (χ3n) is 8.56. The van der Waals surface area contributed by atoms with Gasteiger partial charge in [-0.05, 0) is 57.1 Å². The first-order chi connectivity index (χ1) is 18.7. The van der Waals surface area contributed by atoms with Gasteiger partial charge in [0.15, 0.2) is 0 Å². The molecule has 212 valence electrons. The molecule has 9 heteroatoms. The van der Waals surface area contributed by atoms with Crippen molar-refractivity contribution >= 4 is 35.1 Å². The molecule has 39 heavy (non-hydrogen) atoms. The van der Waals surface area contributed by atoms with Crippen LogP contribution in [0.3, 0.4) is 0 Å². The summed E-state index contributed by atoms with van der Waals surface area (Å²) in [6.07, 6.45) is 6.56. The van der Waals surface area contributed by atoms with E-state index in [9.17, 15) is 19.5 Å². The fourth-order valence-corrected chi connectivity index (χ4v) is 7.18. The molecular weight excluding hydrogens is 520 g/mol. The van der Waals surface area contributed by atoms with Crippen LogP contribution in [0.15, 0.2) is 43.5 Å². The maximum Gasteiger partial charge on any atom is 0.312 e. The Balaban J connectivity index is 1.78. The molecule has 2 bridgehead atoms. The first-order valence-corrected chi connectivity index (χ1v) is 14.2. The first-order valence-electron chi connectivity index (χ1n) is 13.8. The Morgan fingerprint density at radius 1 is 1.28 bits per heavy atom. The van der Waals surface area contributed by atoms with Gasteiger partial charge >= 0.3 is 5.97 Å². The summed E-state index contributed by atoms with van der Waals surface area (Å²) in [6.45, 7) is 11.8. The van der Waals surface area contributed by atoms with Crippen LogP contribution >= 0.6 is 11.6 Å². The summed E-state index contributed by atoms with van der Waals surface area (Å²) in [7, 11) is 0. The summed E-state index contributed by atoms with van der Waals surface area (Å²) < 4.78 is 12.4. The van der Waals surface area contributed by atoms with Crippen LogP contribution in [-0.2, 0) is 23.9 Å². The van der Waals surface area contributed by atoms with Crippen molar-refractivity contribution in [2.24, 2.45) is 11.8 Å². The largest absolute Gasteiger partial charge is 0.465 e. The second-order valence-corrected chi connectivity index (χ2v) is 11.1. The predicted octanol–water partition coefficient (Wildman–Crippen LogP) is 4.21. The average Bonchev–Trinajstić information content (AvgIpc) is 3.52. The van der Waals surface area contributed by atoms with E-state index in [1.807, 2.05) is 26.0 Å². The Kier molecular flexibility index (Phi) is 8.88. The third kappa shape index (κ3) is 4.81. The van der Waals surface area contributed by atoms with Crippen molar-refractivity contribution in [1.82, 2.24) is 4.90 Å². The van der Waals surface area contributed by atoms with Crippen LogP contribution in [0.4, 0.5) is 5.69 Å². The molecular formula is C30H39ClN2O6. The highest BCUT2D eigenvalue weighted by molar-refractivity contribution is 6.34. The van der Waals surface area contributed by atoms with Crippen LogP contribution in [0.1, 0.15) is 51.0 Å². The highest BCUT2D eigenvalue weighted by atomic mass is 35.5. The second-order valence-electron chi connectivity index (χ2n) is 10.7. The zero-order chi connectivity index (χ0) is 28.4. The van der Waals surface area contributed by atoms with Crippen molar-refractivity contribution in [2.75, 3.05) is 31.2 Å². The lowest BCUT2D eigenvalue weighted by atomic mass is 9.65. The number of aliphatic hydroxyl groups excluding tert-OH is 1. The van der Waals surface area contributed by atoms with Crippen molar-refractivity contribution in [1.29, 1.82) is 0 Å². The molecule has 3 heterocycles. The molecule has 1 aromatic carbocycles. The number of allylic oxidation sites excluding steroid dienone is 1. The smallest absolute Gasteiger partial charge is 0.312 e. The molecule has 1 N–H and O–H groups in total. The van der Waals surface area contributed by atoms with Crippen LogP contribution in [0.25, 0.3) is 0 Å². The third-order valence-corrected chi connectivity index (χ3v) is 8.86. The Morgan fingerprint density at radius 3 is 2.69 bits per heavy atom. The number of unbranched alkanes of at least 4 members (excludes halogenated alkanes) is 1. The molecule has 1 aromatic rings. The highest BCUT2D eigenvalue weighted by Crippen LogP contribution is 2.64. The van der Waals surface area contributed by atoms with E-state index < -0.39 is 35.0 Å². The summed E-state index contributed by atoms with van der Waals surface area (Å²) in [4.78, 5) is 45.3. The topological polar surface area (TPSA) is 96.4 Å². The molecule has 0 aromatic heterocycles. The quantitative estimate of drug-likeness (QED) is 0.221. The zero-order valence-electron chi connectivity index (χ0n) is 22.9. The van der Waals surface area contributed by atoms with E-state index in [-0.39, 0.29) is 38.1 Å². The van der Waals surface area contributed by atoms with Gasteiger partial charge in [-0.3, -0.25) is 14.4 Å². The number of carbonyl (C=O) groups is 3. The van der Waals surface area contributed by atoms with E-state index in [0.29, 0.717) is 49.2 Å². The Bertz CT molecular complexity index is 1120. The van der Waals surface area contributed by atoms with Gasteiger partial charge in [-0.25, -0.2) is 0 Å². The molecule has 3 aliphatic heterocycles. The lowest BCUT2D eigenvalue weighted by molar-refractivity contribution is -0.161. The number of anilines is 1. The van der Waals surface area contributed by atoms with Gasteiger partial charge in [0.25, 0.3) is 5.91 Å². The number of likely N-dealkylation sites (tertiary alicyclic amines) is 1. The molecule has 0 aliphatic carbocycles. The van der Waals surface area contributed by atoms with Crippen molar-refractivity contribution in [3.63, 3.8) is 0 Å². The van der Waals surface area contributed by atoms with E-state index in [0.717, 1.165) is 5.56 Å². The summed E-state index contributed by atoms with van der Waals surface area (Å²) in [6, 6.07) is 4.43. The highest BCUT2D eigenvalue weighted by Gasteiger charge is 2.79. The van der Waals surface area contributed by atoms with Crippen molar-refractivity contribution in [3.05, 3.63) is 54.1 Å². The monoisotopic (exact) mass is 558 g/mol. The number of amides is 2. The van der Waals surface area contributed by atoms with Gasteiger partial charge in [0.2, 0.25) is 5.91 Å².